The van der Waals surface area contributed by atoms with E-state index < -0.39 is 0 Å². The predicted molar refractivity (Wildman–Crippen MR) is 112 cm³/mol. The topological polar surface area (TPSA) is 49.3 Å². The summed E-state index contributed by atoms with van der Waals surface area (Å²) >= 11 is 0. The molecule has 5 nitrogen and oxygen atoms in total. The normalized spacial score (nSPS) is 17.5. The highest BCUT2D eigenvalue weighted by molar-refractivity contribution is 5.94. The summed E-state index contributed by atoms with van der Waals surface area (Å²) in [5, 5.41) is 0. The van der Waals surface area contributed by atoms with Gasteiger partial charge in [0, 0.05) is 37.2 Å². The van der Waals surface area contributed by atoms with E-state index in [1.54, 1.807) is 0 Å². The Morgan fingerprint density at radius 2 is 1.82 bits per heavy atom. The van der Waals surface area contributed by atoms with Gasteiger partial charge < -0.3 is 9.80 Å². The number of aryl methyl sites for hydroxylation is 2. The average molecular weight is 379 g/mol. The molecule has 5 heteroatoms. The molecule has 2 aliphatic rings. The first-order valence-corrected chi connectivity index (χ1v) is 10.5. The summed E-state index contributed by atoms with van der Waals surface area (Å²) in [5.41, 5.74) is 4.28. The molecule has 1 aromatic carbocycles. The third kappa shape index (κ3) is 3.75. The van der Waals surface area contributed by atoms with Crippen molar-refractivity contribution in [2.24, 2.45) is 5.92 Å². The molecule has 3 heterocycles. The van der Waals surface area contributed by atoms with Crippen LogP contribution >= 0.6 is 0 Å². The number of hydrogen-bond acceptors (Lipinski definition) is 4. The number of benzene rings is 1. The first kappa shape index (κ1) is 18.9. The fraction of sp³-hybridized carbons (Fsp3) is 0.522. The smallest absolute Gasteiger partial charge is 0.254 e. The largest absolute Gasteiger partial charge is 0.356 e. The number of rotatable bonds is 3. The molecule has 0 radical (unpaired) electrons. The van der Waals surface area contributed by atoms with E-state index in [1.165, 1.54) is 18.4 Å². The van der Waals surface area contributed by atoms with Crippen LogP contribution in [0.3, 0.4) is 0 Å². The Morgan fingerprint density at radius 1 is 1.11 bits per heavy atom. The molecule has 1 amide bonds. The van der Waals surface area contributed by atoms with Gasteiger partial charge in [-0.15, -0.1) is 0 Å². The summed E-state index contributed by atoms with van der Waals surface area (Å²) in [4.78, 5) is 26.9. The third-order valence-electron chi connectivity index (χ3n) is 6.13. The van der Waals surface area contributed by atoms with Gasteiger partial charge in [0.05, 0.1) is 12.2 Å². The maximum absolute atomic E-state index is 13.1. The van der Waals surface area contributed by atoms with Gasteiger partial charge in [0.1, 0.15) is 11.6 Å². The van der Waals surface area contributed by atoms with E-state index in [-0.39, 0.29) is 5.91 Å². The molecule has 1 fully saturated rings. The molecule has 2 aromatic rings. The van der Waals surface area contributed by atoms with E-state index in [2.05, 4.69) is 30.9 Å². The van der Waals surface area contributed by atoms with Crippen LogP contribution in [0.1, 0.15) is 59.7 Å². The highest BCUT2D eigenvalue weighted by Gasteiger charge is 2.28. The lowest BCUT2D eigenvalue weighted by Gasteiger charge is -2.36. The minimum Gasteiger partial charge on any atom is -0.356 e. The molecular weight excluding hydrogens is 348 g/mol. The lowest BCUT2D eigenvalue weighted by atomic mass is 9.98. The molecule has 0 bridgehead atoms. The zero-order chi connectivity index (χ0) is 19.7. The lowest BCUT2D eigenvalue weighted by Crippen LogP contribution is -2.40. The number of aromatic nitrogens is 2. The lowest BCUT2D eigenvalue weighted by molar-refractivity contribution is 0.0733. The van der Waals surface area contributed by atoms with Crippen molar-refractivity contribution in [2.45, 2.75) is 53.0 Å². The Balaban J connectivity index is 1.59. The Bertz CT molecular complexity index is 854. The van der Waals surface area contributed by atoms with E-state index in [1.807, 2.05) is 24.0 Å². The summed E-state index contributed by atoms with van der Waals surface area (Å²) < 4.78 is 0. The maximum atomic E-state index is 13.1. The van der Waals surface area contributed by atoms with E-state index in [0.29, 0.717) is 13.1 Å². The molecule has 0 spiro atoms. The number of amides is 1. The second kappa shape index (κ2) is 7.90. The zero-order valence-corrected chi connectivity index (χ0v) is 17.2. The van der Waals surface area contributed by atoms with Crippen LogP contribution in [-0.4, -0.2) is 40.4 Å². The molecule has 2 aliphatic heterocycles. The fourth-order valence-electron chi connectivity index (χ4n) is 4.24. The van der Waals surface area contributed by atoms with Crippen LogP contribution in [0.15, 0.2) is 24.3 Å². The number of anilines is 1. The highest BCUT2D eigenvalue weighted by Crippen LogP contribution is 2.30. The second-order valence-electron chi connectivity index (χ2n) is 8.22. The van der Waals surface area contributed by atoms with Gasteiger partial charge in [0.2, 0.25) is 0 Å². The summed E-state index contributed by atoms with van der Waals surface area (Å²) in [6.07, 6.45) is 4.18. The Labute approximate surface area is 167 Å². The molecule has 0 saturated carbocycles. The van der Waals surface area contributed by atoms with Crippen LogP contribution in [0.5, 0.6) is 0 Å². The van der Waals surface area contributed by atoms with Gasteiger partial charge in [0.25, 0.3) is 5.91 Å². The van der Waals surface area contributed by atoms with Crippen molar-refractivity contribution in [1.82, 2.24) is 14.9 Å². The minimum absolute atomic E-state index is 0.104. The molecule has 1 saturated heterocycles. The van der Waals surface area contributed by atoms with Crippen LogP contribution in [-0.2, 0) is 19.4 Å². The van der Waals surface area contributed by atoms with Gasteiger partial charge in [-0.05, 0) is 49.8 Å². The van der Waals surface area contributed by atoms with Gasteiger partial charge in [-0.2, -0.15) is 0 Å². The Kier molecular flexibility index (Phi) is 5.33. The van der Waals surface area contributed by atoms with Crippen LogP contribution in [0.25, 0.3) is 0 Å². The highest BCUT2D eigenvalue weighted by atomic mass is 16.2. The van der Waals surface area contributed by atoms with Gasteiger partial charge in [-0.1, -0.05) is 26.0 Å². The molecule has 0 unspecified atom stereocenters. The quantitative estimate of drug-likeness (QED) is 0.815. The minimum atomic E-state index is 0.104. The van der Waals surface area contributed by atoms with Crippen LogP contribution in [0.4, 0.5) is 5.82 Å². The van der Waals surface area contributed by atoms with Crippen molar-refractivity contribution in [2.75, 3.05) is 24.5 Å². The van der Waals surface area contributed by atoms with Gasteiger partial charge in [-0.25, -0.2) is 9.97 Å². The first-order chi connectivity index (χ1) is 13.5. The number of carbonyl (C=O) groups is 1. The van der Waals surface area contributed by atoms with Crippen molar-refractivity contribution in [1.29, 1.82) is 0 Å². The van der Waals surface area contributed by atoms with E-state index in [0.717, 1.165) is 60.3 Å². The Hall–Kier alpha value is -2.43. The van der Waals surface area contributed by atoms with Crippen LogP contribution < -0.4 is 4.90 Å². The van der Waals surface area contributed by atoms with Crippen molar-refractivity contribution in [3.05, 3.63) is 52.5 Å². The van der Waals surface area contributed by atoms with Gasteiger partial charge >= 0.3 is 0 Å². The van der Waals surface area contributed by atoms with E-state index in [4.69, 9.17) is 9.97 Å². The van der Waals surface area contributed by atoms with E-state index in [9.17, 15) is 4.79 Å². The molecule has 4 rings (SSSR count). The molecule has 0 atom stereocenters. The maximum Gasteiger partial charge on any atom is 0.254 e. The van der Waals surface area contributed by atoms with Gasteiger partial charge in [-0.3, -0.25) is 4.79 Å². The van der Waals surface area contributed by atoms with Gasteiger partial charge in [0.15, 0.2) is 0 Å². The summed E-state index contributed by atoms with van der Waals surface area (Å²) in [6.45, 7) is 9.82. The molecule has 0 aliphatic carbocycles. The number of nitrogens with zero attached hydrogens (tertiary/aromatic N) is 4. The number of fused-ring (bicyclic) bond motifs is 1. The van der Waals surface area contributed by atoms with Crippen LogP contribution in [0, 0.1) is 12.8 Å². The number of carbonyl (C=O) groups excluding carboxylic acids is 1. The fourth-order valence-corrected chi connectivity index (χ4v) is 4.24. The number of hydrogen-bond donors (Lipinski definition) is 0. The van der Waals surface area contributed by atoms with Crippen molar-refractivity contribution < 1.29 is 4.79 Å². The average Bonchev–Trinajstić information content (AvgIpc) is 2.73. The first-order valence-electron chi connectivity index (χ1n) is 10.5. The predicted octanol–water partition coefficient (Wildman–Crippen LogP) is 3.78. The summed E-state index contributed by atoms with van der Waals surface area (Å²) in [6, 6.07) is 8.01. The second-order valence-corrected chi connectivity index (χ2v) is 8.22. The third-order valence-corrected chi connectivity index (χ3v) is 6.13. The monoisotopic (exact) mass is 378 g/mol. The van der Waals surface area contributed by atoms with Crippen LogP contribution in [0.2, 0.25) is 0 Å². The zero-order valence-electron chi connectivity index (χ0n) is 17.2. The summed E-state index contributed by atoms with van der Waals surface area (Å²) in [5.74, 6) is 2.77. The molecule has 148 valence electrons. The molecule has 1 aromatic heterocycles. The van der Waals surface area contributed by atoms with Crippen molar-refractivity contribution in [3.8, 4) is 0 Å². The van der Waals surface area contributed by atoms with Crippen molar-refractivity contribution in [3.63, 3.8) is 0 Å². The number of piperidine rings is 1. The standard InChI is InChI=1S/C23H30N4O/c1-4-18-5-7-19(8-6-18)23(28)27-14-11-21-20(15-27)22(25-17(3)24-21)26-12-9-16(2)10-13-26/h5-8,16H,4,9-15H2,1-3H3. The SMILES string of the molecule is CCc1ccc(C(=O)N2CCc3nc(C)nc(N4CCC(C)CC4)c3C2)cc1. The summed E-state index contributed by atoms with van der Waals surface area (Å²) in [7, 11) is 0. The van der Waals surface area contributed by atoms with Crippen molar-refractivity contribution >= 4 is 11.7 Å². The molecule has 0 N–H and O–H groups in total. The molecular formula is C23H30N4O. The van der Waals surface area contributed by atoms with E-state index >= 15 is 0 Å². The Morgan fingerprint density at radius 3 is 2.50 bits per heavy atom. The molecule has 28 heavy (non-hydrogen) atoms.